The Hall–Kier alpha value is -1.93. The number of rotatable bonds is 6. The van der Waals surface area contributed by atoms with Gasteiger partial charge in [0.2, 0.25) is 0 Å². The first-order valence-electron chi connectivity index (χ1n) is 8.57. The maximum Gasteiger partial charge on any atom is 0.0829 e. The van der Waals surface area contributed by atoms with Gasteiger partial charge in [-0.1, -0.05) is 67.6 Å². The zero-order valence-electron chi connectivity index (χ0n) is 14.2. The van der Waals surface area contributed by atoms with Gasteiger partial charge in [0.05, 0.1) is 5.54 Å². The van der Waals surface area contributed by atoms with E-state index in [2.05, 4.69) is 85.6 Å². The van der Waals surface area contributed by atoms with E-state index in [-0.39, 0.29) is 5.54 Å². The molecule has 0 radical (unpaired) electrons. The number of likely N-dealkylation sites (tertiary alicyclic amines) is 1. The summed E-state index contributed by atoms with van der Waals surface area (Å²) in [6.45, 7) is 6.63. The van der Waals surface area contributed by atoms with Gasteiger partial charge in [0.15, 0.2) is 0 Å². The van der Waals surface area contributed by atoms with E-state index in [1.165, 1.54) is 11.1 Å². The smallest absolute Gasteiger partial charge is 0.0829 e. The van der Waals surface area contributed by atoms with Crippen LogP contribution in [0.1, 0.15) is 37.4 Å². The topological polar surface area (TPSA) is 15.6 Å². The molecule has 1 atom stereocenters. The van der Waals surface area contributed by atoms with Crippen molar-refractivity contribution < 1.29 is 0 Å². The highest BCUT2D eigenvalue weighted by molar-refractivity contribution is 5.62. The van der Waals surface area contributed by atoms with Gasteiger partial charge in [-0.05, 0) is 24.5 Å². The quantitative estimate of drug-likeness (QED) is 0.716. The lowest BCUT2D eigenvalue weighted by atomic mass is 9.88. The molecule has 120 valence electrons. The van der Waals surface area contributed by atoms with Crippen molar-refractivity contribution in [1.82, 2.24) is 4.90 Å². The Kier molecular flexibility index (Phi) is 4.92. The summed E-state index contributed by atoms with van der Waals surface area (Å²) >= 11 is 0. The number of nitrogens with zero attached hydrogens (tertiary/aromatic N) is 2. The molecule has 0 amide bonds. The van der Waals surface area contributed by atoms with E-state index in [1.54, 1.807) is 0 Å². The largest absolute Gasteiger partial charge is 0.291 e. The minimum atomic E-state index is 0.0803. The molecule has 0 spiro atoms. The zero-order chi connectivity index (χ0) is 16.1. The maximum absolute atomic E-state index is 4.85. The molecule has 0 aromatic heterocycles. The molecule has 1 aliphatic rings. The van der Waals surface area contributed by atoms with Crippen LogP contribution in [0.25, 0.3) is 0 Å². The zero-order valence-corrected chi connectivity index (χ0v) is 14.2. The van der Waals surface area contributed by atoms with Gasteiger partial charge in [-0.25, -0.2) is 0 Å². The molecule has 0 saturated carbocycles. The van der Waals surface area contributed by atoms with Crippen LogP contribution in [0, 0.1) is 0 Å². The maximum atomic E-state index is 4.85. The molecule has 2 aromatic rings. The summed E-state index contributed by atoms with van der Waals surface area (Å²) < 4.78 is 0. The molecule has 0 N–H and O–H groups in total. The molecule has 2 nitrogen and oxygen atoms in total. The Morgan fingerprint density at radius 2 is 1.65 bits per heavy atom. The van der Waals surface area contributed by atoms with Crippen molar-refractivity contribution in [3.63, 3.8) is 0 Å². The normalized spacial score (nSPS) is 18.7. The van der Waals surface area contributed by atoms with Crippen molar-refractivity contribution in [2.24, 2.45) is 4.99 Å². The first-order valence-corrected chi connectivity index (χ1v) is 8.57. The van der Waals surface area contributed by atoms with Gasteiger partial charge in [0, 0.05) is 31.8 Å². The highest BCUT2D eigenvalue weighted by atomic mass is 15.3. The molecule has 1 unspecified atom stereocenters. The van der Waals surface area contributed by atoms with E-state index in [0.29, 0.717) is 6.04 Å². The Labute approximate surface area is 139 Å². The van der Waals surface area contributed by atoms with E-state index in [4.69, 9.17) is 4.99 Å². The van der Waals surface area contributed by atoms with Crippen molar-refractivity contribution >= 4 is 6.21 Å². The molecule has 0 bridgehead atoms. The first-order chi connectivity index (χ1) is 11.2. The lowest BCUT2D eigenvalue weighted by Gasteiger charge is -2.49. The van der Waals surface area contributed by atoms with E-state index >= 15 is 0 Å². The number of benzene rings is 2. The van der Waals surface area contributed by atoms with Crippen LogP contribution < -0.4 is 0 Å². The van der Waals surface area contributed by atoms with Gasteiger partial charge in [0.1, 0.15) is 0 Å². The molecule has 1 fully saturated rings. The Morgan fingerprint density at radius 1 is 1.04 bits per heavy atom. The van der Waals surface area contributed by atoms with Gasteiger partial charge in [-0.3, -0.25) is 9.89 Å². The fourth-order valence-electron chi connectivity index (χ4n) is 3.50. The monoisotopic (exact) mass is 306 g/mol. The average molecular weight is 306 g/mol. The molecule has 1 heterocycles. The van der Waals surface area contributed by atoms with E-state index in [1.807, 2.05) is 0 Å². The third-order valence-electron chi connectivity index (χ3n) is 4.67. The first kappa shape index (κ1) is 15.9. The number of hydrogen-bond acceptors (Lipinski definition) is 2. The second-order valence-corrected chi connectivity index (χ2v) is 6.74. The van der Waals surface area contributed by atoms with Gasteiger partial charge >= 0.3 is 0 Å². The van der Waals surface area contributed by atoms with Crippen LogP contribution in [0.3, 0.4) is 0 Å². The fourth-order valence-corrected chi connectivity index (χ4v) is 3.50. The van der Waals surface area contributed by atoms with Crippen LogP contribution >= 0.6 is 0 Å². The lowest BCUT2D eigenvalue weighted by Crippen LogP contribution is -2.59. The van der Waals surface area contributed by atoms with E-state index in [0.717, 1.165) is 25.9 Å². The van der Waals surface area contributed by atoms with E-state index < -0.39 is 0 Å². The second-order valence-electron chi connectivity index (χ2n) is 6.74. The molecule has 1 aliphatic heterocycles. The third-order valence-corrected chi connectivity index (χ3v) is 4.67. The molecule has 23 heavy (non-hydrogen) atoms. The summed E-state index contributed by atoms with van der Waals surface area (Å²) in [7, 11) is 0. The summed E-state index contributed by atoms with van der Waals surface area (Å²) in [5.74, 6) is 0. The molecular weight excluding hydrogens is 280 g/mol. The standard InChI is InChI=1S/C21H26N2/c1-3-20(19-12-8-5-9-13-19)23-16-21(2,17-23)22-15-14-18-10-6-4-7-11-18/h4-13,15,20H,3,14,16-17H2,1-2H3. The van der Waals surface area contributed by atoms with E-state index in [9.17, 15) is 0 Å². The van der Waals surface area contributed by atoms with Crippen LogP contribution in [-0.2, 0) is 6.42 Å². The molecular formula is C21H26N2. The van der Waals surface area contributed by atoms with Crippen LogP contribution in [0.15, 0.2) is 65.7 Å². The van der Waals surface area contributed by atoms with Crippen molar-refractivity contribution in [1.29, 1.82) is 0 Å². The van der Waals surface area contributed by atoms with Crippen molar-refractivity contribution in [3.05, 3.63) is 71.8 Å². The van der Waals surface area contributed by atoms with Crippen LogP contribution in [0.4, 0.5) is 0 Å². The number of aliphatic imine (C=N–C) groups is 1. The van der Waals surface area contributed by atoms with Crippen molar-refractivity contribution in [2.75, 3.05) is 13.1 Å². The fraction of sp³-hybridized carbons (Fsp3) is 0.381. The minimum absolute atomic E-state index is 0.0803. The highest BCUT2D eigenvalue weighted by Gasteiger charge is 2.41. The van der Waals surface area contributed by atoms with Gasteiger partial charge in [0.25, 0.3) is 0 Å². The molecule has 1 saturated heterocycles. The molecule has 2 aromatic carbocycles. The van der Waals surface area contributed by atoms with Crippen LogP contribution in [0.5, 0.6) is 0 Å². The minimum Gasteiger partial charge on any atom is -0.291 e. The predicted octanol–water partition coefficient (Wildman–Crippen LogP) is 4.53. The summed E-state index contributed by atoms with van der Waals surface area (Å²) in [6.07, 6.45) is 4.16. The SMILES string of the molecule is CCC(c1ccccc1)N1CC(C)(N=CCc2ccccc2)C1. The van der Waals surface area contributed by atoms with Crippen molar-refractivity contribution in [3.8, 4) is 0 Å². The Morgan fingerprint density at radius 3 is 2.26 bits per heavy atom. The third kappa shape index (κ3) is 3.89. The summed E-state index contributed by atoms with van der Waals surface area (Å²) in [6, 6.07) is 21.9. The van der Waals surface area contributed by atoms with Crippen LogP contribution in [0.2, 0.25) is 0 Å². The van der Waals surface area contributed by atoms with Gasteiger partial charge < -0.3 is 0 Å². The van der Waals surface area contributed by atoms with Gasteiger partial charge in [-0.2, -0.15) is 0 Å². The van der Waals surface area contributed by atoms with Crippen LogP contribution in [-0.4, -0.2) is 29.7 Å². The molecule has 0 aliphatic carbocycles. The average Bonchev–Trinajstić information content (AvgIpc) is 2.56. The Bertz CT molecular complexity index is 627. The Balaban J connectivity index is 1.56. The second kappa shape index (κ2) is 7.10. The van der Waals surface area contributed by atoms with Crippen molar-refractivity contribution in [2.45, 2.75) is 38.3 Å². The summed E-state index contributed by atoms with van der Waals surface area (Å²) in [5.41, 5.74) is 2.83. The predicted molar refractivity (Wildman–Crippen MR) is 98.1 cm³/mol. The summed E-state index contributed by atoms with van der Waals surface area (Å²) in [4.78, 5) is 7.40. The highest BCUT2D eigenvalue weighted by Crippen LogP contribution is 2.34. The molecule has 3 rings (SSSR count). The van der Waals surface area contributed by atoms with Gasteiger partial charge in [-0.15, -0.1) is 0 Å². The molecule has 2 heteroatoms. The summed E-state index contributed by atoms with van der Waals surface area (Å²) in [5, 5.41) is 0. The lowest BCUT2D eigenvalue weighted by molar-refractivity contribution is 0.0387. The number of hydrogen-bond donors (Lipinski definition) is 0.